The van der Waals surface area contributed by atoms with Crippen molar-refractivity contribution >= 4 is 5.78 Å². The van der Waals surface area contributed by atoms with E-state index in [2.05, 4.69) is 0 Å². The van der Waals surface area contributed by atoms with Crippen LogP contribution in [0.15, 0.2) is 36.4 Å². The molecule has 0 unspecified atom stereocenters. The molecule has 0 aliphatic rings. The number of methoxy groups -OCH3 is 3. The highest BCUT2D eigenvalue weighted by Gasteiger charge is 2.14. The number of Topliss-reactive ketones (excluding diaryl/α,β-unsaturated/α-hetero) is 1. The van der Waals surface area contributed by atoms with Gasteiger partial charge in [-0.15, -0.1) is 0 Å². The number of ketones is 1. The Hall–Kier alpha value is -2.49. The summed E-state index contributed by atoms with van der Waals surface area (Å²) in [6.07, 6.45) is 0.257. The van der Waals surface area contributed by atoms with Gasteiger partial charge in [-0.05, 0) is 42.3 Å². The van der Waals surface area contributed by atoms with Gasteiger partial charge >= 0.3 is 0 Å². The molecule has 0 bridgehead atoms. The Morgan fingerprint density at radius 2 is 1.55 bits per heavy atom. The standard InChI is InChI=1S/C18H20O4/c1-12-5-6-16(18(7-12)22-4)17(19)10-13-8-14(20-2)11-15(9-13)21-3/h5-9,11H,10H2,1-4H3. The minimum atomic E-state index is -0.00726. The van der Waals surface area contributed by atoms with Gasteiger partial charge in [0.05, 0.1) is 26.9 Å². The molecule has 0 aliphatic carbocycles. The zero-order valence-electron chi connectivity index (χ0n) is 13.3. The molecule has 22 heavy (non-hydrogen) atoms. The molecule has 0 atom stereocenters. The maximum absolute atomic E-state index is 12.5. The molecule has 2 aromatic rings. The SMILES string of the molecule is COc1cc(CC(=O)c2ccc(C)cc2OC)cc(OC)c1. The van der Waals surface area contributed by atoms with Crippen molar-refractivity contribution in [2.45, 2.75) is 13.3 Å². The van der Waals surface area contributed by atoms with E-state index in [1.54, 1.807) is 33.5 Å². The molecule has 0 saturated carbocycles. The second-order valence-corrected chi connectivity index (χ2v) is 5.02. The first-order chi connectivity index (χ1) is 10.6. The lowest BCUT2D eigenvalue weighted by atomic mass is 10.0. The van der Waals surface area contributed by atoms with Crippen LogP contribution >= 0.6 is 0 Å². The molecule has 4 nitrogen and oxygen atoms in total. The minimum Gasteiger partial charge on any atom is -0.497 e. The molecule has 0 saturated heterocycles. The summed E-state index contributed by atoms with van der Waals surface area (Å²) >= 11 is 0. The maximum atomic E-state index is 12.5. The normalized spacial score (nSPS) is 10.2. The molecule has 0 heterocycles. The highest BCUT2D eigenvalue weighted by atomic mass is 16.5. The third-order valence-electron chi connectivity index (χ3n) is 3.43. The van der Waals surface area contributed by atoms with E-state index in [1.807, 2.05) is 31.2 Å². The van der Waals surface area contributed by atoms with Gasteiger partial charge in [-0.2, -0.15) is 0 Å². The highest BCUT2D eigenvalue weighted by Crippen LogP contribution is 2.26. The van der Waals surface area contributed by atoms with Gasteiger partial charge in [0.15, 0.2) is 5.78 Å². The van der Waals surface area contributed by atoms with Crippen molar-refractivity contribution in [2.24, 2.45) is 0 Å². The number of hydrogen-bond acceptors (Lipinski definition) is 4. The lowest BCUT2D eigenvalue weighted by molar-refractivity contribution is 0.0990. The molecule has 2 rings (SSSR count). The summed E-state index contributed by atoms with van der Waals surface area (Å²) in [6.45, 7) is 1.96. The summed E-state index contributed by atoms with van der Waals surface area (Å²) in [5.41, 5.74) is 2.47. The first kappa shape index (κ1) is 15.9. The van der Waals surface area contributed by atoms with Crippen LogP contribution in [0.2, 0.25) is 0 Å². The van der Waals surface area contributed by atoms with Crippen LogP contribution < -0.4 is 14.2 Å². The van der Waals surface area contributed by atoms with E-state index < -0.39 is 0 Å². The molecule has 0 N–H and O–H groups in total. The molecule has 2 aromatic carbocycles. The van der Waals surface area contributed by atoms with Gasteiger partial charge in [-0.1, -0.05) is 6.07 Å². The molecule has 0 aliphatic heterocycles. The summed E-state index contributed by atoms with van der Waals surface area (Å²) < 4.78 is 15.8. The molecule has 0 radical (unpaired) electrons. The fraction of sp³-hybridized carbons (Fsp3) is 0.278. The van der Waals surface area contributed by atoms with Crippen LogP contribution in [0, 0.1) is 6.92 Å². The summed E-state index contributed by atoms with van der Waals surface area (Å²) in [5, 5.41) is 0. The fourth-order valence-corrected chi connectivity index (χ4v) is 2.28. The molecule has 4 heteroatoms. The van der Waals surface area contributed by atoms with Gasteiger partial charge in [0.2, 0.25) is 0 Å². The van der Waals surface area contributed by atoms with Gasteiger partial charge in [0.25, 0.3) is 0 Å². The van der Waals surface area contributed by atoms with Crippen LogP contribution in [0.1, 0.15) is 21.5 Å². The van der Waals surface area contributed by atoms with Crippen molar-refractivity contribution < 1.29 is 19.0 Å². The smallest absolute Gasteiger partial charge is 0.170 e. The molecule has 0 spiro atoms. The van der Waals surface area contributed by atoms with Crippen molar-refractivity contribution in [1.29, 1.82) is 0 Å². The Morgan fingerprint density at radius 3 is 2.09 bits per heavy atom. The average Bonchev–Trinajstić information content (AvgIpc) is 2.53. The van der Waals surface area contributed by atoms with E-state index in [4.69, 9.17) is 14.2 Å². The molecular weight excluding hydrogens is 280 g/mol. The number of hydrogen-bond donors (Lipinski definition) is 0. The van der Waals surface area contributed by atoms with Gasteiger partial charge < -0.3 is 14.2 Å². The zero-order chi connectivity index (χ0) is 16.1. The van der Waals surface area contributed by atoms with Gasteiger partial charge in [-0.25, -0.2) is 0 Å². The Labute approximate surface area is 130 Å². The monoisotopic (exact) mass is 300 g/mol. The Bertz CT molecular complexity index is 655. The topological polar surface area (TPSA) is 44.8 Å². The summed E-state index contributed by atoms with van der Waals surface area (Å²) in [7, 11) is 4.74. The number of carbonyl (C=O) groups excluding carboxylic acids is 1. The van der Waals surface area contributed by atoms with Crippen LogP contribution in [0.3, 0.4) is 0 Å². The summed E-state index contributed by atoms with van der Waals surface area (Å²) in [4.78, 5) is 12.5. The van der Waals surface area contributed by atoms with E-state index in [1.165, 1.54) is 0 Å². The second-order valence-electron chi connectivity index (χ2n) is 5.02. The minimum absolute atomic E-state index is 0.00726. The Balaban J connectivity index is 2.29. The lowest BCUT2D eigenvalue weighted by Crippen LogP contribution is -2.06. The zero-order valence-corrected chi connectivity index (χ0v) is 13.3. The third kappa shape index (κ3) is 3.58. The molecule has 0 aromatic heterocycles. The maximum Gasteiger partial charge on any atom is 0.170 e. The van der Waals surface area contributed by atoms with Gasteiger partial charge in [0.1, 0.15) is 17.2 Å². The molecule has 116 valence electrons. The van der Waals surface area contributed by atoms with E-state index in [0.717, 1.165) is 11.1 Å². The first-order valence-electron chi connectivity index (χ1n) is 6.97. The van der Waals surface area contributed by atoms with Gasteiger partial charge in [0, 0.05) is 12.5 Å². The van der Waals surface area contributed by atoms with Gasteiger partial charge in [-0.3, -0.25) is 4.79 Å². The van der Waals surface area contributed by atoms with Crippen LogP contribution in [-0.2, 0) is 6.42 Å². The van der Waals surface area contributed by atoms with Crippen molar-refractivity contribution in [1.82, 2.24) is 0 Å². The predicted octanol–water partition coefficient (Wildman–Crippen LogP) is 3.45. The van der Waals surface area contributed by atoms with Crippen molar-refractivity contribution in [3.63, 3.8) is 0 Å². The Morgan fingerprint density at radius 1 is 0.909 bits per heavy atom. The van der Waals surface area contributed by atoms with Crippen molar-refractivity contribution in [3.8, 4) is 17.2 Å². The predicted molar refractivity (Wildman–Crippen MR) is 85.3 cm³/mol. The summed E-state index contributed by atoms with van der Waals surface area (Å²) in [6, 6.07) is 11.0. The van der Waals surface area contributed by atoms with Crippen molar-refractivity contribution in [3.05, 3.63) is 53.1 Å². The van der Waals surface area contributed by atoms with Crippen LogP contribution in [0.4, 0.5) is 0 Å². The second kappa shape index (κ2) is 6.98. The summed E-state index contributed by atoms with van der Waals surface area (Å²) in [5.74, 6) is 1.92. The average molecular weight is 300 g/mol. The van der Waals surface area contributed by atoms with Crippen molar-refractivity contribution in [2.75, 3.05) is 21.3 Å². The van der Waals surface area contributed by atoms with Crippen LogP contribution in [0.25, 0.3) is 0 Å². The van der Waals surface area contributed by atoms with E-state index in [-0.39, 0.29) is 12.2 Å². The van der Waals surface area contributed by atoms with E-state index in [0.29, 0.717) is 22.8 Å². The van der Waals surface area contributed by atoms with Crippen LogP contribution in [-0.4, -0.2) is 27.1 Å². The third-order valence-corrected chi connectivity index (χ3v) is 3.43. The lowest BCUT2D eigenvalue weighted by Gasteiger charge is -2.10. The molecular formula is C18H20O4. The molecule has 0 fully saturated rings. The number of carbonyl (C=O) groups is 1. The number of aryl methyl sites for hydroxylation is 1. The number of rotatable bonds is 6. The molecule has 0 amide bonds. The fourth-order valence-electron chi connectivity index (χ4n) is 2.28. The van der Waals surface area contributed by atoms with E-state index in [9.17, 15) is 4.79 Å². The van der Waals surface area contributed by atoms with Crippen LogP contribution in [0.5, 0.6) is 17.2 Å². The first-order valence-corrected chi connectivity index (χ1v) is 6.97. The van der Waals surface area contributed by atoms with E-state index >= 15 is 0 Å². The number of benzene rings is 2. The quantitative estimate of drug-likeness (QED) is 0.767. The number of ether oxygens (including phenoxy) is 3. The largest absolute Gasteiger partial charge is 0.497 e. The Kier molecular flexibility index (Phi) is 5.04. The highest BCUT2D eigenvalue weighted by molar-refractivity contribution is 6.00.